The van der Waals surface area contributed by atoms with Crippen molar-refractivity contribution in [2.45, 2.75) is 51.1 Å². The summed E-state index contributed by atoms with van der Waals surface area (Å²) >= 11 is 0. The van der Waals surface area contributed by atoms with E-state index in [9.17, 15) is 14.0 Å². The lowest BCUT2D eigenvalue weighted by atomic mass is 9.77. The summed E-state index contributed by atoms with van der Waals surface area (Å²) in [5.41, 5.74) is 1.69. The van der Waals surface area contributed by atoms with Gasteiger partial charge in [0.25, 0.3) is 0 Å². The summed E-state index contributed by atoms with van der Waals surface area (Å²) in [5.74, 6) is 1.02. The van der Waals surface area contributed by atoms with Gasteiger partial charge >= 0.3 is 0 Å². The molecule has 3 aliphatic rings. The number of methoxy groups -OCH3 is 1. The van der Waals surface area contributed by atoms with Gasteiger partial charge in [0.1, 0.15) is 11.6 Å². The quantitative estimate of drug-likeness (QED) is 0.566. The van der Waals surface area contributed by atoms with Crippen molar-refractivity contribution in [3.8, 4) is 5.75 Å². The van der Waals surface area contributed by atoms with Crippen LogP contribution in [0.5, 0.6) is 5.75 Å². The Kier molecular flexibility index (Phi) is 7.28. The molecule has 2 saturated heterocycles. The van der Waals surface area contributed by atoms with Crippen molar-refractivity contribution >= 4 is 11.8 Å². The van der Waals surface area contributed by atoms with Gasteiger partial charge in [-0.15, -0.1) is 0 Å². The zero-order valence-electron chi connectivity index (χ0n) is 21.0. The van der Waals surface area contributed by atoms with E-state index in [0.717, 1.165) is 81.6 Å². The van der Waals surface area contributed by atoms with Gasteiger partial charge in [-0.2, -0.15) is 0 Å². The highest BCUT2D eigenvalue weighted by Gasteiger charge is 2.47. The van der Waals surface area contributed by atoms with Gasteiger partial charge < -0.3 is 19.9 Å². The van der Waals surface area contributed by atoms with Gasteiger partial charge in [0.15, 0.2) is 0 Å². The van der Waals surface area contributed by atoms with Crippen molar-refractivity contribution < 1.29 is 18.7 Å². The molecule has 7 heteroatoms. The van der Waals surface area contributed by atoms with Crippen LogP contribution < -0.4 is 10.1 Å². The van der Waals surface area contributed by atoms with Crippen LogP contribution in [0.1, 0.15) is 55.7 Å². The Balaban J connectivity index is 1.15. The third-order valence-corrected chi connectivity index (χ3v) is 8.20. The van der Waals surface area contributed by atoms with Crippen molar-refractivity contribution in [2.24, 2.45) is 11.3 Å². The molecule has 3 fully saturated rings. The maximum absolute atomic E-state index is 13.9. The number of nitrogens with one attached hydrogen (secondary N) is 1. The standard InChI is InChI=1S/C29H36FN3O3/c1-36-25-9-5-21(6-10-25)20-33-18-14-29(28(33)35)12-16-32(17-13-29)15-11-26(31-27(34)22-7-8-22)23-3-2-4-24(30)19-23/h2-6,9-10,19,22,26H,7-8,11-18,20H2,1H3,(H,31,34)/t26-/m0/s1. The van der Waals surface area contributed by atoms with E-state index in [0.29, 0.717) is 6.54 Å². The van der Waals surface area contributed by atoms with E-state index >= 15 is 0 Å². The molecule has 0 aromatic heterocycles. The number of piperidine rings is 1. The number of hydrogen-bond acceptors (Lipinski definition) is 4. The van der Waals surface area contributed by atoms with E-state index < -0.39 is 0 Å². The van der Waals surface area contributed by atoms with Crippen LogP contribution in [-0.4, -0.2) is 54.9 Å². The lowest BCUT2D eigenvalue weighted by Crippen LogP contribution is -2.45. The van der Waals surface area contributed by atoms with Gasteiger partial charge in [-0.05, 0) is 87.0 Å². The first-order valence-corrected chi connectivity index (χ1v) is 13.2. The predicted octanol–water partition coefficient (Wildman–Crippen LogP) is 4.31. The average Bonchev–Trinajstić information content (AvgIpc) is 3.71. The van der Waals surface area contributed by atoms with Crippen LogP contribution in [0, 0.1) is 17.2 Å². The van der Waals surface area contributed by atoms with Crippen molar-refractivity contribution in [1.82, 2.24) is 15.1 Å². The second-order valence-corrected chi connectivity index (χ2v) is 10.6. The van der Waals surface area contributed by atoms with E-state index in [1.165, 1.54) is 12.1 Å². The van der Waals surface area contributed by atoms with Gasteiger partial charge in [-0.3, -0.25) is 9.59 Å². The number of nitrogens with zero attached hydrogens (tertiary/aromatic N) is 2. The Morgan fingerprint density at radius 1 is 1.11 bits per heavy atom. The van der Waals surface area contributed by atoms with Crippen LogP contribution in [-0.2, 0) is 16.1 Å². The summed E-state index contributed by atoms with van der Waals surface area (Å²) < 4.78 is 19.1. The van der Waals surface area contributed by atoms with Gasteiger partial charge in [-0.1, -0.05) is 24.3 Å². The molecule has 1 saturated carbocycles. The van der Waals surface area contributed by atoms with Gasteiger partial charge in [-0.25, -0.2) is 4.39 Å². The largest absolute Gasteiger partial charge is 0.497 e. The molecule has 0 radical (unpaired) electrons. The first-order valence-electron chi connectivity index (χ1n) is 13.2. The third-order valence-electron chi connectivity index (χ3n) is 8.20. The Morgan fingerprint density at radius 2 is 1.83 bits per heavy atom. The molecular weight excluding hydrogens is 457 g/mol. The molecule has 192 valence electrons. The van der Waals surface area contributed by atoms with Crippen LogP contribution in [0.3, 0.4) is 0 Å². The fraction of sp³-hybridized carbons (Fsp3) is 0.517. The second kappa shape index (κ2) is 10.6. The zero-order chi connectivity index (χ0) is 25.1. The first-order chi connectivity index (χ1) is 17.5. The molecule has 5 rings (SSSR count). The van der Waals surface area contributed by atoms with E-state index in [-0.39, 0.29) is 35.0 Å². The van der Waals surface area contributed by atoms with Gasteiger partial charge in [0, 0.05) is 25.6 Å². The Hall–Kier alpha value is -2.93. The fourth-order valence-electron chi connectivity index (χ4n) is 5.66. The highest BCUT2D eigenvalue weighted by molar-refractivity contribution is 5.85. The number of ether oxygens (including phenoxy) is 1. The number of halogens is 1. The maximum Gasteiger partial charge on any atom is 0.229 e. The smallest absolute Gasteiger partial charge is 0.229 e. The molecule has 1 spiro atoms. The molecule has 2 aliphatic heterocycles. The minimum atomic E-state index is -0.281. The summed E-state index contributed by atoms with van der Waals surface area (Å²) in [5, 5.41) is 3.15. The Bertz CT molecular complexity index is 1080. The lowest BCUT2D eigenvalue weighted by molar-refractivity contribution is -0.139. The third kappa shape index (κ3) is 5.56. The topological polar surface area (TPSA) is 61.9 Å². The molecule has 2 heterocycles. The number of amides is 2. The van der Waals surface area contributed by atoms with Crippen molar-refractivity contribution in [2.75, 3.05) is 33.3 Å². The van der Waals surface area contributed by atoms with Crippen LogP contribution in [0.4, 0.5) is 4.39 Å². The van der Waals surface area contributed by atoms with Crippen LogP contribution >= 0.6 is 0 Å². The number of hydrogen-bond donors (Lipinski definition) is 1. The number of likely N-dealkylation sites (tertiary alicyclic amines) is 2. The molecule has 1 N–H and O–H groups in total. The van der Waals surface area contributed by atoms with Gasteiger partial charge in [0.2, 0.25) is 11.8 Å². The van der Waals surface area contributed by atoms with E-state index in [4.69, 9.17) is 4.74 Å². The van der Waals surface area contributed by atoms with E-state index in [1.807, 2.05) is 35.2 Å². The zero-order valence-corrected chi connectivity index (χ0v) is 21.0. The molecule has 36 heavy (non-hydrogen) atoms. The summed E-state index contributed by atoms with van der Waals surface area (Å²) in [7, 11) is 1.65. The predicted molar refractivity (Wildman–Crippen MR) is 136 cm³/mol. The molecule has 2 amide bonds. The summed E-state index contributed by atoms with van der Waals surface area (Å²) in [6.07, 6.45) is 5.26. The molecule has 1 aliphatic carbocycles. The molecular formula is C29H36FN3O3. The van der Waals surface area contributed by atoms with Crippen LogP contribution in [0.15, 0.2) is 48.5 Å². The second-order valence-electron chi connectivity index (χ2n) is 10.6. The SMILES string of the molecule is COc1ccc(CN2CCC3(CCN(CC[C@H](NC(=O)C4CC4)c4cccc(F)c4)CC3)C2=O)cc1. The molecule has 0 unspecified atom stereocenters. The summed E-state index contributed by atoms with van der Waals surface area (Å²) in [6, 6.07) is 14.3. The number of benzene rings is 2. The number of carbonyl (C=O) groups excluding carboxylic acids is 2. The lowest BCUT2D eigenvalue weighted by Gasteiger charge is -2.38. The first kappa shape index (κ1) is 24.8. The molecule has 2 aromatic carbocycles. The number of carbonyl (C=O) groups is 2. The van der Waals surface area contributed by atoms with Crippen molar-refractivity contribution in [3.63, 3.8) is 0 Å². The van der Waals surface area contributed by atoms with E-state index in [2.05, 4.69) is 10.2 Å². The number of rotatable bonds is 9. The maximum atomic E-state index is 13.9. The fourth-order valence-corrected chi connectivity index (χ4v) is 5.66. The van der Waals surface area contributed by atoms with Crippen molar-refractivity contribution in [3.05, 3.63) is 65.5 Å². The molecule has 6 nitrogen and oxygen atoms in total. The average molecular weight is 494 g/mol. The molecule has 1 atom stereocenters. The Morgan fingerprint density at radius 3 is 2.50 bits per heavy atom. The van der Waals surface area contributed by atoms with Crippen LogP contribution in [0.25, 0.3) is 0 Å². The van der Waals surface area contributed by atoms with Crippen molar-refractivity contribution in [1.29, 1.82) is 0 Å². The van der Waals surface area contributed by atoms with Crippen LogP contribution in [0.2, 0.25) is 0 Å². The van der Waals surface area contributed by atoms with E-state index in [1.54, 1.807) is 13.2 Å². The monoisotopic (exact) mass is 493 g/mol. The normalized spacial score (nSPS) is 20.5. The minimum absolute atomic E-state index is 0.0790. The Labute approximate surface area is 212 Å². The highest BCUT2D eigenvalue weighted by Crippen LogP contribution is 2.42. The molecule has 2 aromatic rings. The molecule has 0 bridgehead atoms. The highest BCUT2D eigenvalue weighted by atomic mass is 19.1. The summed E-state index contributed by atoms with van der Waals surface area (Å²) in [4.78, 5) is 30.2. The van der Waals surface area contributed by atoms with Gasteiger partial charge in [0.05, 0.1) is 18.6 Å². The summed E-state index contributed by atoms with van der Waals surface area (Å²) in [6.45, 7) is 4.00. The minimum Gasteiger partial charge on any atom is -0.497 e.